The van der Waals surface area contributed by atoms with Crippen LogP contribution < -0.4 is 0 Å². The summed E-state index contributed by atoms with van der Waals surface area (Å²) in [6.07, 6.45) is 12.5. The van der Waals surface area contributed by atoms with Crippen molar-refractivity contribution in [1.82, 2.24) is 0 Å². The van der Waals surface area contributed by atoms with Crippen molar-refractivity contribution in [3.05, 3.63) is 25.3 Å². The second kappa shape index (κ2) is 8.28. The summed E-state index contributed by atoms with van der Waals surface area (Å²) < 4.78 is 5.26. The van der Waals surface area contributed by atoms with Gasteiger partial charge in [-0.25, -0.2) is 0 Å². The maximum absolute atomic E-state index is 11.0. The molecular formula is C18H30O2. The molecule has 1 aliphatic rings. The molecule has 20 heavy (non-hydrogen) atoms. The first-order valence-corrected chi connectivity index (χ1v) is 7.97. The van der Waals surface area contributed by atoms with Crippen LogP contribution in [0.2, 0.25) is 0 Å². The van der Waals surface area contributed by atoms with Gasteiger partial charge < -0.3 is 4.74 Å². The van der Waals surface area contributed by atoms with Crippen LogP contribution in [-0.2, 0) is 9.53 Å². The van der Waals surface area contributed by atoms with Crippen LogP contribution in [0, 0.1) is 17.3 Å². The van der Waals surface area contributed by atoms with Crippen molar-refractivity contribution in [1.29, 1.82) is 0 Å². The third kappa shape index (κ3) is 4.22. The molecule has 2 heteroatoms. The summed E-state index contributed by atoms with van der Waals surface area (Å²) >= 11 is 0. The molecule has 0 N–H and O–H groups in total. The Balaban J connectivity index is 2.60. The van der Waals surface area contributed by atoms with Crippen LogP contribution in [0.4, 0.5) is 0 Å². The molecule has 3 atom stereocenters. The molecule has 0 spiro atoms. The lowest BCUT2D eigenvalue weighted by molar-refractivity contribution is -0.141. The maximum atomic E-state index is 11.0. The molecule has 0 heterocycles. The first-order valence-electron chi connectivity index (χ1n) is 7.97. The molecular weight excluding hydrogens is 248 g/mol. The van der Waals surface area contributed by atoms with Crippen molar-refractivity contribution in [2.24, 2.45) is 17.3 Å². The van der Waals surface area contributed by atoms with E-state index in [2.05, 4.69) is 20.1 Å². The van der Waals surface area contributed by atoms with Crippen molar-refractivity contribution < 1.29 is 9.53 Å². The zero-order chi connectivity index (χ0) is 15.0. The zero-order valence-electron chi connectivity index (χ0n) is 13.2. The molecule has 0 saturated heterocycles. The molecule has 0 radical (unpaired) electrons. The topological polar surface area (TPSA) is 26.3 Å². The van der Waals surface area contributed by atoms with Gasteiger partial charge in [-0.05, 0) is 30.6 Å². The van der Waals surface area contributed by atoms with E-state index in [0.29, 0.717) is 23.9 Å². The minimum absolute atomic E-state index is 0.173. The summed E-state index contributed by atoms with van der Waals surface area (Å²) in [5.74, 6) is 0.927. The Labute approximate surface area is 124 Å². The van der Waals surface area contributed by atoms with Gasteiger partial charge in [0.15, 0.2) is 0 Å². The van der Waals surface area contributed by atoms with Gasteiger partial charge in [0.05, 0.1) is 6.61 Å². The smallest absolute Gasteiger partial charge is 0.302 e. The summed E-state index contributed by atoms with van der Waals surface area (Å²) in [6, 6.07) is 0. The number of carbonyl (C=O) groups excluding carboxylic acids is 1. The van der Waals surface area contributed by atoms with E-state index in [4.69, 9.17) is 4.74 Å². The number of allylic oxidation sites excluding steroid dienone is 2. The number of hydrogen-bond acceptors (Lipinski definition) is 2. The molecule has 2 nitrogen and oxygen atoms in total. The molecule has 0 aromatic carbocycles. The van der Waals surface area contributed by atoms with Crippen molar-refractivity contribution in [3.8, 4) is 0 Å². The SMILES string of the molecule is C=CC[C@H]1[C@H](COC(C)=O)[C@]1(CC=C)CCCCCC. The van der Waals surface area contributed by atoms with Gasteiger partial charge in [-0.15, -0.1) is 13.2 Å². The predicted molar refractivity (Wildman–Crippen MR) is 84.4 cm³/mol. The number of rotatable bonds is 11. The third-order valence-electron chi connectivity index (χ3n) is 4.76. The van der Waals surface area contributed by atoms with Crippen molar-refractivity contribution in [3.63, 3.8) is 0 Å². The second-order valence-corrected chi connectivity index (χ2v) is 6.08. The maximum Gasteiger partial charge on any atom is 0.302 e. The lowest BCUT2D eigenvalue weighted by Gasteiger charge is -2.16. The van der Waals surface area contributed by atoms with Crippen LogP contribution in [0.5, 0.6) is 0 Å². The molecule has 1 saturated carbocycles. The van der Waals surface area contributed by atoms with E-state index in [9.17, 15) is 4.79 Å². The minimum atomic E-state index is -0.173. The van der Waals surface area contributed by atoms with Crippen molar-refractivity contribution in [2.45, 2.75) is 58.8 Å². The molecule has 0 unspecified atom stereocenters. The van der Waals surface area contributed by atoms with Gasteiger partial charge in [-0.1, -0.05) is 44.8 Å². The fraction of sp³-hybridized carbons (Fsp3) is 0.722. The van der Waals surface area contributed by atoms with E-state index in [-0.39, 0.29) is 5.97 Å². The Bertz CT molecular complexity index is 334. The second-order valence-electron chi connectivity index (χ2n) is 6.08. The average molecular weight is 278 g/mol. The Kier molecular flexibility index (Phi) is 7.04. The molecule has 0 aromatic heterocycles. The van der Waals surface area contributed by atoms with E-state index >= 15 is 0 Å². The monoisotopic (exact) mass is 278 g/mol. The summed E-state index contributed by atoms with van der Waals surface area (Å²) in [5, 5.41) is 0. The normalized spacial score (nSPS) is 27.9. The highest BCUT2D eigenvalue weighted by Crippen LogP contribution is 2.65. The van der Waals surface area contributed by atoms with Gasteiger partial charge in [0.1, 0.15) is 0 Å². The zero-order valence-corrected chi connectivity index (χ0v) is 13.2. The van der Waals surface area contributed by atoms with E-state index in [1.54, 1.807) is 0 Å². The molecule has 114 valence electrons. The van der Waals surface area contributed by atoms with Crippen LogP contribution in [-0.4, -0.2) is 12.6 Å². The summed E-state index contributed by atoms with van der Waals surface area (Å²) in [7, 11) is 0. The fourth-order valence-corrected chi connectivity index (χ4v) is 3.66. The fourth-order valence-electron chi connectivity index (χ4n) is 3.66. The van der Waals surface area contributed by atoms with E-state index in [0.717, 1.165) is 12.8 Å². The van der Waals surface area contributed by atoms with Gasteiger partial charge in [0.25, 0.3) is 0 Å². The quantitative estimate of drug-likeness (QED) is 0.305. The highest BCUT2D eigenvalue weighted by molar-refractivity contribution is 5.65. The van der Waals surface area contributed by atoms with E-state index < -0.39 is 0 Å². The van der Waals surface area contributed by atoms with Crippen molar-refractivity contribution in [2.75, 3.05) is 6.61 Å². The first kappa shape index (κ1) is 17.0. The number of carbonyl (C=O) groups is 1. The molecule has 1 aliphatic carbocycles. The van der Waals surface area contributed by atoms with Crippen LogP contribution in [0.25, 0.3) is 0 Å². The third-order valence-corrected chi connectivity index (χ3v) is 4.76. The molecule has 0 bridgehead atoms. The average Bonchev–Trinajstić information content (AvgIpc) is 3.00. The summed E-state index contributed by atoms with van der Waals surface area (Å²) in [5.41, 5.74) is 0.305. The molecule has 0 amide bonds. The molecule has 1 rings (SSSR count). The summed E-state index contributed by atoms with van der Waals surface area (Å²) in [4.78, 5) is 11.0. The summed E-state index contributed by atoms with van der Waals surface area (Å²) in [6.45, 7) is 12.1. The Morgan fingerprint density at radius 1 is 1.20 bits per heavy atom. The van der Waals surface area contributed by atoms with Crippen LogP contribution in [0.3, 0.4) is 0 Å². The number of esters is 1. The minimum Gasteiger partial charge on any atom is -0.466 e. The highest BCUT2D eigenvalue weighted by atomic mass is 16.5. The van der Waals surface area contributed by atoms with Crippen molar-refractivity contribution >= 4 is 5.97 Å². The van der Waals surface area contributed by atoms with Gasteiger partial charge >= 0.3 is 5.97 Å². The van der Waals surface area contributed by atoms with Crippen LogP contribution in [0.1, 0.15) is 58.8 Å². The lowest BCUT2D eigenvalue weighted by Crippen LogP contribution is -2.10. The Morgan fingerprint density at radius 2 is 1.95 bits per heavy atom. The van der Waals surface area contributed by atoms with Gasteiger partial charge in [0, 0.05) is 12.8 Å². The first-order chi connectivity index (χ1) is 9.62. The molecule has 0 aliphatic heterocycles. The highest BCUT2D eigenvalue weighted by Gasteiger charge is 2.61. The Morgan fingerprint density at radius 3 is 2.50 bits per heavy atom. The molecule has 1 fully saturated rings. The van der Waals surface area contributed by atoms with Gasteiger partial charge in [-0.2, -0.15) is 0 Å². The van der Waals surface area contributed by atoms with Crippen LogP contribution in [0.15, 0.2) is 25.3 Å². The number of unbranched alkanes of at least 4 members (excludes halogenated alkanes) is 3. The van der Waals surface area contributed by atoms with E-state index in [1.807, 2.05) is 12.2 Å². The standard InChI is InChI=1S/C18H30O2/c1-5-8-9-10-13-18(12-7-3)16(11-6-2)17(18)14-20-15(4)19/h6-7,16-17H,2-3,5,8-14H2,1,4H3/t16-,17-,18+/m0/s1. The number of ether oxygens (including phenoxy) is 1. The van der Waals surface area contributed by atoms with Gasteiger partial charge in [-0.3, -0.25) is 4.79 Å². The number of hydrogen-bond donors (Lipinski definition) is 0. The molecule has 0 aromatic rings. The largest absolute Gasteiger partial charge is 0.466 e. The Hall–Kier alpha value is -1.05. The predicted octanol–water partition coefficient (Wildman–Crippen LogP) is 4.90. The van der Waals surface area contributed by atoms with E-state index in [1.165, 1.54) is 39.0 Å². The van der Waals surface area contributed by atoms with Gasteiger partial charge in [0.2, 0.25) is 0 Å². The van der Waals surface area contributed by atoms with Crippen LogP contribution >= 0.6 is 0 Å². The lowest BCUT2D eigenvalue weighted by atomic mass is 9.89.